The van der Waals surface area contributed by atoms with E-state index in [9.17, 15) is 4.79 Å². The third-order valence-corrected chi connectivity index (χ3v) is 4.89. The molecule has 5 nitrogen and oxygen atoms in total. The minimum Gasteiger partial charge on any atom is -0.381 e. The zero-order chi connectivity index (χ0) is 15.8. The van der Waals surface area contributed by atoms with Crippen LogP contribution in [-0.2, 0) is 11.3 Å². The molecule has 6 heteroatoms. The normalized spacial score (nSPS) is 21.4. The third kappa shape index (κ3) is 3.42. The Hall–Kier alpha value is -1.43. The number of fused-ring (bicyclic) bond motifs is 1. The fourth-order valence-electron chi connectivity index (χ4n) is 3.27. The second-order valence-electron chi connectivity index (χ2n) is 6.56. The van der Waals surface area contributed by atoms with Crippen molar-refractivity contribution in [1.82, 2.24) is 14.9 Å². The Morgan fingerprint density at radius 3 is 2.96 bits per heavy atom. The van der Waals surface area contributed by atoms with E-state index in [2.05, 4.69) is 14.9 Å². The standard InChI is InChI=1S/C17H20ClN3O2/c18-12-1-4-14-15(7-12)19-16(20-17(14)22)9-21(13-2-3-13)8-11-5-6-23-10-11/h1,4,7,11,13H,2-3,5-6,8-10H2,(H,19,20,22). The molecule has 1 aliphatic heterocycles. The van der Waals surface area contributed by atoms with Gasteiger partial charge in [0.05, 0.1) is 24.1 Å². The molecule has 0 bridgehead atoms. The molecule has 2 heterocycles. The van der Waals surface area contributed by atoms with Crippen LogP contribution in [-0.4, -0.2) is 40.7 Å². The van der Waals surface area contributed by atoms with Gasteiger partial charge in [-0.3, -0.25) is 9.69 Å². The first-order chi connectivity index (χ1) is 11.2. The molecule has 4 rings (SSSR count). The van der Waals surface area contributed by atoms with Crippen molar-refractivity contribution >= 4 is 22.5 Å². The van der Waals surface area contributed by atoms with Gasteiger partial charge in [0, 0.05) is 24.2 Å². The summed E-state index contributed by atoms with van der Waals surface area (Å²) in [5, 5.41) is 1.18. The summed E-state index contributed by atoms with van der Waals surface area (Å²) in [7, 11) is 0. The summed E-state index contributed by atoms with van der Waals surface area (Å²) in [6.07, 6.45) is 3.59. The van der Waals surface area contributed by atoms with Crippen molar-refractivity contribution in [3.63, 3.8) is 0 Å². The molecule has 2 fully saturated rings. The van der Waals surface area contributed by atoms with E-state index in [4.69, 9.17) is 16.3 Å². The number of ether oxygens (including phenoxy) is 1. The van der Waals surface area contributed by atoms with Crippen LogP contribution in [0.2, 0.25) is 5.02 Å². The third-order valence-electron chi connectivity index (χ3n) is 4.65. The average Bonchev–Trinajstić information content (AvgIpc) is 3.24. The lowest BCUT2D eigenvalue weighted by atomic mass is 10.1. The van der Waals surface area contributed by atoms with E-state index in [1.54, 1.807) is 18.2 Å². The van der Waals surface area contributed by atoms with Crippen LogP contribution in [0.25, 0.3) is 10.9 Å². The minimum atomic E-state index is -0.0957. The summed E-state index contributed by atoms with van der Waals surface area (Å²) in [6, 6.07) is 5.82. The van der Waals surface area contributed by atoms with E-state index in [1.165, 1.54) is 12.8 Å². The first-order valence-corrected chi connectivity index (χ1v) is 8.57. The van der Waals surface area contributed by atoms with Gasteiger partial charge in [-0.05, 0) is 43.4 Å². The topological polar surface area (TPSA) is 58.2 Å². The molecule has 1 N–H and O–H groups in total. The fourth-order valence-corrected chi connectivity index (χ4v) is 3.44. The fraction of sp³-hybridized carbons (Fsp3) is 0.529. The average molecular weight is 334 g/mol. The molecule has 2 aromatic rings. The number of rotatable bonds is 5. The number of H-pyrrole nitrogens is 1. The van der Waals surface area contributed by atoms with Crippen LogP contribution in [0, 0.1) is 5.92 Å². The lowest BCUT2D eigenvalue weighted by Crippen LogP contribution is -2.32. The van der Waals surface area contributed by atoms with E-state index in [0.29, 0.717) is 34.4 Å². The molecule has 1 aromatic heterocycles. The predicted molar refractivity (Wildman–Crippen MR) is 89.7 cm³/mol. The van der Waals surface area contributed by atoms with Gasteiger partial charge in [0.25, 0.3) is 5.56 Å². The highest BCUT2D eigenvalue weighted by atomic mass is 35.5. The lowest BCUT2D eigenvalue weighted by Gasteiger charge is -2.24. The molecule has 1 aromatic carbocycles. The van der Waals surface area contributed by atoms with Gasteiger partial charge < -0.3 is 9.72 Å². The van der Waals surface area contributed by atoms with E-state index in [-0.39, 0.29) is 5.56 Å². The number of nitrogens with zero attached hydrogens (tertiary/aromatic N) is 2. The Bertz CT molecular complexity index is 766. The smallest absolute Gasteiger partial charge is 0.258 e. The van der Waals surface area contributed by atoms with E-state index in [1.807, 2.05) is 0 Å². The lowest BCUT2D eigenvalue weighted by molar-refractivity contribution is 0.160. The van der Waals surface area contributed by atoms with Gasteiger partial charge in [0.15, 0.2) is 0 Å². The van der Waals surface area contributed by atoms with Gasteiger partial charge in [-0.25, -0.2) is 4.98 Å². The van der Waals surface area contributed by atoms with Gasteiger partial charge in [-0.1, -0.05) is 11.6 Å². The van der Waals surface area contributed by atoms with Crippen molar-refractivity contribution in [2.24, 2.45) is 5.92 Å². The Morgan fingerprint density at radius 1 is 1.35 bits per heavy atom. The molecule has 122 valence electrons. The molecule has 1 atom stereocenters. The van der Waals surface area contributed by atoms with Crippen LogP contribution in [0.3, 0.4) is 0 Å². The van der Waals surface area contributed by atoms with Gasteiger partial charge in [-0.15, -0.1) is 0 Å². The number of aromatic nitrogens is 2. The SMILES string of the molecule is O=c1[nH]c(CN(CC2CCOC2)C2CC2)nc2cc(Cl)ccc12. The molecular formula is C17H20ClN3O2. The Kier molecular flexibility index (Phi) is 4.09. The Labute approximate surface area is 139 Å². The van der Waals surface area contributed by atoms with Crippen LogP contribution < -0.4 is 5.56 Å². The maximum atomic E-state index is 12.2. The van der Waals surface area contributed by atoms with Crippen molar-refractivity contribution < 1.29 is 4.74 Å². The molecular weight excluding hydrogens is 314 g/mol. The molecule has 2 aliphatic rings. The monoisotopic (exact) mass is 333 g/mol. The van der Waals surface area contributed by atoms with Crippen molar-refractivity contribution in [3.05, 3.63) is 39.4 Å². The molecule has 23 heavy (non-hydrogen) atoms. The van der Waals surface area contributed by atoms with E-state index in [0.717, 1.165) is 32.0 Å². The highest BCUT2D eigenvalue weighted by Crippen LogP contribution is 2.30. The molecule has 1 aliphatic carbocycles. The number of halogens is 1. The predicted octanol–water partition coefficient (Wildman–Crippen LogP) is 2.58. The van der Waals surface area contributed by atoms with Crippen LogP contribution in [0.5, 0.6) is 0 Å². The minimum absolute atomic E-state index is 0.0957. The van der Waals surface area contributed by atoms with Gasteiger partial charge in [0.2, 0.25) is 0 Å². The Balaban J connectivity index is 1.58. The maximum Gasteiger partial charge on any atom is 0.258 e. The van der Waals surface area contributed by atoms with Gasteiger partial charge in [0.1, 0.15) is 5.82 Å². The number of nitrogens with one attached hydrogen (secondary N) is 1. The second-order valence-corrected chi connectivity index (χ2v) is 7.00. The molecule has 0 spiro atoms. The van der Waals surface area contributed by atoms with Gasteiger partial charge >= 0.3 is 0 Å². The zero-order valence-electron chi connectivity index (χ0n) is 12.9. The molecule has 1 saturated heterocycles. The van der Waals surface area contributed by atoms with Crippen molar-refractivity contribution in [1.29, 1.82) is 0 Å². The Morgan fingerprint density at radius 2 is 2.22 bits per heavy atom. The summed E-state index contributed by atoms with van der Waals surface area (Å²) >= 11 is 6.03. The summed E-state index contributed by atoms with van der Waals surface area (Å²) in [5.74, 6) is 1.31. The number of benzene rings is 1. The zero-order valence-corrected chi connectivity index (χ0v) is 13.7. The maximum absolute atomic E-state index is 12.2. The highest BCUT2D eigenvalue weighted by Gasteiger charge is 2.32. The highest BCUT2D eigenvalue weighted by molar-refractivity contribution is 6.31. The number of hydrogen-bond acceptors (Lipinski definition) is 4. The summed E-state index contributed by atoms with van der Waals surface area (Å²) < 4.78 is 5.48. The summed E-state index contributed by atoms with van der Waals surface area (Å²) in [6.45, 7) is 3.41. The van der Waals surface area contributed by atoms with Crippen molar-refractivity contribution in [3.8, 4) is 0 Å². The first kappa shape index (κ1) is 15.1. The largest absolute Gasteiger partial charge is 0.381 e. The van der Waals surface area contributed by atoms with E-state index >= 15 is 0 Å². The van der Waals surface area contributed by atoms with Crippen molar-refractivity contribution in [2.45, 2.75) is 31.8 Å². The van der Waals surface area contributed by atoms with Crippen molar-refractivity contribution in [2.75, 3.05) is 19.8 Å². The molecule has 0 radical (unpaired) electrons. The van der Waals surface area contributed by atoms with Crippen LogP contribution in [0.15, 0.2) is 23.0 Å². The van der Waals surface area contributed by atoms with Crippen LogP contribution >= 0.6 is 11.6 Å². The second kappa shape index (κ2) is 6.23. The van der Waals surface area contributed by atoms with Crippen LogP contribution in [0.4, 0.5) is 0 Å². The van der Waals surface area contributed by atoms with Gasteiger partial charge in [-0.2, -0.15) is 0 Å². The number of aromatic amines is 1. The molecule has 1 unspecified atom stereocenters. The molecule has 0 amide bonds. The summed E-state index contributed by atoms with van der Waals surface area (Å²) in [4.78, 5) is 22.2. The number of hydrogen-bond donors (Lipinski definition) is 1. The molecule has 1 saturated carbocycles. The van der Waals surface area contributed by atoms with Crippen LogP contribution in [0.1, 0.15) is 25.1 Å². The quantitative estimate of drug-likeness (QED) is 0.913. The first-order valence-electron chi connectivity index (χ1n) is 8.19. The van der Waals surface area contributed by atoms with E-state index < -0.39 is 0 Å². The summed E-state index contributed by atoms with van der Waals surface area (Å²) in [5.41, 5.74) is 0.567.